The summed E-state index contributed by atoms with van der Waals surface area (Å²) < 4.78 is 55.3. The number of aromatic nitrogens is 3. The Balaban J connectivity index is 1.58. The number of methoxy groups -OCH3 is 1. The molecule has 2 heterocycles. The standard InChI is InChI=1S/C26H25F2N5O3S/c1-14-19-8-16(10-22(36-13-15-4-5-15)24(19)32-26(29)31-14)17-9-21(25(35-2)30-12-17)33-37(3,34)23-7-6-18(27)11-20(23)28/h6-12,15H,3-5,13H2,1-2H3,(H,33,34)(H2,29,31,32). The SMILES string of the molecule is C=S(=O)(Nc1cc(-c2cc(OCC3CC3)c3nc(N)nc(C)c3c2)cnc1OC)c1ccc(F)cc1F. The number of benzene rings is 2. The monoisotopic (exact) mass is 525 g/mol. The van der Waals surface area contributed by atoms with Crippen molar-refractivity contribution < 1.29 is 22.5 Å². The van der Waals surface area contributed by atoms with Crippen LogP contribution in [0.4, 0.5) is 20.4 Å². The minimum Gasteiger partial charge on any atom is -0.491 e. The van der Waals surface area contributed by atoms with Crippen molar-refractivity contribution in [3.63, 3.8) is 0 Å². The number of nitrogens with zero attached hydrogens (tertiary/aromatic N) is 3. The highest BCUT2D eigenvalue weighted by molar-refractivity contribution is 8.01. The van der Waals surface area contributed by atoms with E-state index in [1.54, 1.807) is 12.3 Å². The van der Waals surface area contributed by atoms with Gasteiger partial charge in [0.25, 0.3) is 0 Å². The molecule has 1 unspecified atom stereocenters. The van der Waals surface area contributed by atoms with Gasteiger partial charge in [0.2, 0.25) is 11.8 Å². The van der Waals surface area contributed by atoms with Gasteiger partial charge in [0.05, 0.1) is 34.0 Å². The second-order valence-electron chi connectivity index (χ2n) is 8.93. The van der Waals surface area contributed by atoms with Crippen LogP contribution in [0.25, 0.3) is 22.0 Å². The maximum Gasteiger partial charge on any atom is 0.238 e. The van der Waals surface area contributed by atoms with Gasteiger partial charge in [-0.1, -0.05) is 0 Å². The second-order valence-corrected chi connectivity index (χ2v) is 10.9. The molecule has 0 radical (unpaired) electrons. The van der Waals surface area contributed by atoms with Crippen molar-refractivity contribution in [2.75, 3.05) is 24.2 Å². The van der Waals surface area contributed by atoms with E-state index in [0.29, 0.717) is 41.1 Å². The van der Waals surface area contributed by atoms with Crippen LogP contribution in [0.2, 0.25) is 0 Å². The lowest BCUT2D eigenvalue weighted by Gasteiger charge is -2.17. The predicted molar refractivity (Wildman–Crippen MR) is 140 cm³/mol. The zero-order chi connectivity index (χ0) is 26.3. The van der Waals surface area contributed by atoms with Crippen LogP contribution in [0.15, 0.2) is 47.5 Å². The number of fused-ring (bicyclic) bond motifs is 1. The third-order valence-electron chi connectivity index (χ3n) is 6.05. The molecule has 192 valence electrons. The molecule has 0 amide bonds. The number of hydrogen-bond donors (Lipinski definition) is 2. The van der Waals surface area contributed by atoms with E-state index >= 15 is 0 Å². The van der Waals surface area contributed by atoms with E-state index in [9.17, 15) is 13.0 Å². The Bertz CT molecular complexity index is 1620. The number of ether oxygens (including phenoxy) is 2. The molecule has 0 aliphatic heterocycles. The smallest absolute Gasteiger partial charge is 0.238 e. The molecule has 5 rings (SSSR count). The first-order chi connectivity index (χ1) is 17.6. The normalized spacial score (nSPS) is 14.8. The summed E-state index contributed by atoms with van der Waals surface area (Å²) in [5.41, 5.74) is 8.78. The Morgan fingerprint density at radius 3 is 2.65 bits per heavy atom. The number of nitrogens with two attached hydrogens (primary N) is 1. The fourth-order valence-corrected chi connectivity index (χ4v) is 5.23. The number of halogens is 2. The molecule has 0 spiro atoms. The molecule has 11 heteroatoms. The molecule has 2 aromatic carbocycles. The lowest BCUT2D eigenvalue weighted by Crippen LogP contribution is -2.15. The lowest BCUT2D eigenvalue weighted by molar-refractivity contribution is 0.303. The topological polar surface area (TPSA) is 112 Å². The van der Waals surface area contributed by atoms with Gasteiger partial charge >= 0.3 is 0 Å². The van der Waals surface area contributed by atoms with Crippen LogP contribution in [-0.4, -0.2) is 38.7 Å². The first-order valence-corrected chi connectivity index (χ1v) is 13.2. The van der Waals surface area contributed by atoms with Crippen LogP contribution in [-0.2, 0) is 9.71 Å². The summed E-state index contributed by atoms with van der Waals surface area (Å²) in [4.78, 5) is 12.7. The van der Waals surface area contributed by atoms with E-state index in [-0.39, 0.29) is 22.4 Å². The summed E-state index contributed by atoms with van der Waals surface area (Å²) in [6, 6.07) is 8.17. The van der Waals surface area contributed by atoms with Crippen molar-refractivity contribution in [1.82, 2.24) is 15.0 Å². The van der Waals surface area contributed by atoms with Gasteiger partial charge in [0.1, 0.15) is 28.6 Å². The highest BCUT2D eigenvalue weighted by Crippen LogP contribution is 2.37. The molecule has 8 nitrogen and oxygen atoms in total. The zero-order valence-electron chi connectivity index (χ0n) is 20.3. The molecule has 1 fully saturated rings. The highest BCUT2D eigenvalue weighted by atomic mass is 32.2. The summed E-state index contributed by atoms with van der Waals surface area (Å²) in [7, 11) is -2.02. The Hall–Kier alpha value is -3.99. The van der Waals surface area contributed by atoms with E-state index in [1.807, 2.05) is 19.1 Å². The van der Waals surface area contributed by atoms with E-state index in [0.717, 1.165) is 35.9 Å². The molecular weight excluding hydrogens is 500 g/mol. The van der Waals surface area contributed by atoms with Crippen molar-refractivity contribution in [3.05, 3.63) is 59.9 Å². The molecule has 3 N–H and O–H groups in total. The van der Waals surface area contributed by atoms with Gasteiger partial charge in [-0.15, -0.1) is 0 Å². The van der Waals surface area contributed by atoms with Gasteiger partial charge in [0, 0.05) is 23.2 Å². The third-order valence-corrected chi connectivity index (χ3v) is 7.64. The number of anilines is 2. The maximum absolute atomic E-state index is 14.4. The summed E-state index contributed by atoms with van der Waals surface area (Å²) in [5, 5.41) is 0.761. The average Bonchev–Trinajstić information content (AvgIpc) is 3.66. The van der Waals surface area contributed by atoms with Crippen LogP contribution < -0.4 is 19.9 Å². The first-order valence-electron chi connectivity index (χ1n) is 11.5. The minimum absolute atomic E-state index is 0.126. The molecular formula is C26H25F2N5O3S. The second kappa shape index (κ2) is 9.47. The average molecular weight is 526 g/mol. The molecule has 37 heavy (non-hydrogen) atoms. The summed E-state index contributed by atoms with van der Waals surface area (Å²) in [6.07, 6.45) is 3.85. The number of nitrogen functional groups attached to an aromatic ring is 1. The van der Waals surface area contributed by atoms with Gasteiger partial charge < -0.3 is 19.9 Å². The van der Waals surface area contributed by atoms with Crippen molar-refractivity contribution in [1.29, 1.82) is 0 Å². The molecule has 1 atom stereocenters. The van der Waals surface area contributed by atoms with E-state index in [1.165, 1.54) is 7.11 Å². The fraction of sp³-hybridized carbons (Fsp3) is 0.231. The number of hydrogen-bond acceptors (Lipinski definition) is 7. The third kappa shape index (κ3) is 5.12. The van der Waals surface area contributed by atoms with Crippen LogP contribution >= 0.6 is 0 Å². The van der Waals surface area contributed by atoms with E-state index in [4.69, 9.17) is 15.2 Å². The maximum atomic E-state index is 14.4. The summed E-state index contributed by atoms with van der Waals surface area (Å²) in [6.45, 7) is 2.41. The zero-order valence-corrected chi connectivity index (χ0v) is 21.1. The molecule has 0 bridgehead atoms. The fourth-order valence-electron chi connectivity index (χ4n) is 3.96. The van der Waals surface area contributed by atoms with Crippen LogP contribution in [0.5, 0.6) is 11.6 Å². The quantitative estimate of drug-likeness (QED) is 0.319. The van der Waals surface area contributed by atoms with Gasteiger partial charge in [-0.25, -0.2) is 27.9 Å². The number of pyridine rings is 1. The van der Waals surface area contributed by atoms with Gasteiger partial charge in [-0.05, 0) is 67.4 Å². The van der Waals surface area contributed by atoms with Crippen LogP contribution in [0, 0.1) is 24.5 Å². The molecule has 0 saturated heterocycles. The summed E-state index contributed by atoms with van der Waals surface area (Å²) in [5.74, 6) is 3.26. The van der Waals surface area contributed by atoms with Crippen LogP contribution in [0.3, 0.4) is 0 Å². The van der Waals surface area contributed by atoms with Crippen molar-refractivity contribution in [3.8, 4) is 22.8 Å². The van der Waals surface area contributed by atoms with Crippen LogP contribution in [0.1, 0.15) is 18.5 Å². The molecule has 4 aromatic rings. The van der Waals surface area contributed by atoms with Gasteiger partial charge in [-0.3, -0.25) is 0 Å². The Kier molecular flexibility index (Phi) is 6.32. The van der Waals surface area contributed by atoms with E-state index < -0.39 is 21.3 Å². The Morgan fingerprint density at radius 2 is 1.95 bits per heavy atom. The number of aryl methyl sites for hydroxylation is 1. The van der Waals surface area contributed by atoms with E-state index in [2.05, 4.69) is 25.5 Å². The number of rotatable bonds is 8. The predicted octanol–water partition coefficient (Wildman–Crippen LogP) is 4.76. The van der Waals surface area contributed by atoms with Gasteiger partial charge in [-0.2, -0.15) is 0 Å². The van der Waals surface area contributed by atoms with Gasteiger partial charge in [0.15, 0.2) is 0 Å². The lowest BCUT2D eigenvalue weighted by atomic mass is 10.0. The molecule has 1 aliphatic carbocycles. The first kappa shape index (κ1) is 24.7. The Morgan fingerprint density at radius 1 is 1.16 bits per heavy atom. The minimum atomic E-state index is -3.43. The van der Waals surface area contributed by atoms with Crippen molar-refractivity contribution in [2.24, 2.45) is 5.92 Å². The highest BCUT2D eigenvalue weighted by Gasteiger charge is 2.23. The van der Waals surface area contributed by atoms with Crippen molar-refractivity contribution in [2.45, 2.75) is 24.7 Å². The van der Waals surface area contributed by atoms with Crippen molar-refractivity contribution >= 4 is 38.1 Å². The Labute approximate surface area is 213 Å². The number of nitrogens with one attached hydrogen (secondary N) is 1. The molecule has 2 aromatic heterocycles. The summed E-state index contributed by atoms with van der Waals surface area (Å²) >= 11 is 0. The largest absolute Gasteiger partial charge is 0.491 e. The molecule has 1 saturated carbocycles. The molecule has 1 aliphatic rings.